The van der Waals surface area contributed by atoms with E-state index in [2.05, 4.69) is 0 Å². The topological polar surface area (TPSA) is 52.9 Å². The summed E-state index contributed by atoms with van der Waals surface area (Å²) in [5.41, 5.74) is 4.10. The summed E-state index contributed by atoms with van der Waals surface area (Å²) < 4.78 is 0. The van der Waals surface area contributed by atoms with Gasteiger partial charge in [-0.25, -0.2) is 0 Å². The summed E-state index contributed by atoms with van der Waals surface area (Å²) in [6.45, 7) is 1.99. The third-order valence-electron chi connectivity index (χ3n) is 5.01. The van der Waals surface area contributed by atoms with E-state index in [4.69, 9.17) is 4.99 Å². The quantitative estimate of drug-likeness (QED) is 0.848. The number of aliphatic imine (C=N–C) groups is 1. The molecule has 2 unspecified atom stereocenters. The van der Waals surface area contributed by atoms with E-state index in [0.29, 0.717) is 12.0 Å². The van der Waals surface area contributed by atoms with Crippen LogP contribution in [0.25, 0.3) is 0 Å². The summed E-state index contributed by atoms with van der Waals surface area (Å²) in [4.78, 5) is 19.7. The predicted octanol–water partition coefficient (Wildman–Crippen LogP) is 3.68. The van der Waals surface area contributed by atoms with Gasteiger partial charge in [-0.15, -0.1) is 0 Å². The van der Waals surface area contributed by atoms with E-state index < -0.39 is 6.10 Å². The van der Waals surface area contributed by atoms with Crippen LogP contribution in [0.1, 0.15) is 18.9 Å². The fourth-order valence-electron chi connectivity index (χ4n) is 3.58. The van der Waals surface area contributed by atoms with Gasteiger partial charge in [-0.05, 0) is 24.6 Å². The predicted molar refractivity (Wildman–Crippen MR) is 108 cm³/mol. The number of carbonyl (C=O) groups excluding carboxylic acids is 1. The van der Waals surface area contributed by atoms with Gasteiger partial charge in [0.15, 0.2) is 5.78 Å². The number of nitrogens with zero attached hydrogens (tertiary/aromatic N) is 2. The molecule has 2 aromatic rings. The molecule has 4 rings (SSSR count). The number of aliphatic hydroxyl groups is 1. The zero-order valence-corrected chi connectivity index (χ0v) is 15.2. The Bertz CT molecular complexity index is 929. The van der Waals surface area contributed by atoms with Crippen LogP contribution in [0.15, 0.2) is 89.1 Å². The maximum atomic E-state index is 13.0. The first-order valence-corrected chi connectivity index (χ1v) is 9.17. The molecule has 4 nitrogen and oxygen atoms in total. The first-order valence-electron chi connectivity index (χ1n) is 9.17. The maximum absolute atomic E-state index is 13.0. The van der Waals surface area contributed by atoms with E-state index in [1.54, 1.807) is 6.20 Å². The molecule has 2 aliphatic rings. The van der Waals surface area contributed by atoms with Gasteiger partial charge in [0.05, 0.1) is 0 Å². The molecule has 0 aromatic heterocycles. The van der Waals surface area contributed by atoms with Crippen molar-refractivity contribution in [3.8, 4) is 0 Å². The van der Waals surface area contributed by atoms with Crippen molar-refractivity contribution in [3.63, 3.8) is 0 Å². The highest BCUT2D eigenvalue weighted by molar-refractivity contribution is 5.99. The van der Waals surface area contributed by atoms with E-state index in [1.807, 2.05) is 78.6 Å². The molecular formula is C23H22N2O2. The lowest BCUT2D eigenvalue weighted by Crippen LogP contribution is -2.44. The highest BCUT2D eigenvalue weighted by Crippen LogP contribution is 2.34. The van der Waals surface area contributed by atoms with E-state index in [-0.39, 0.29) is 18.4 Å². The normalized spacial score (nSPS) is 21.7. The summed E-state index contributed by atoms with van der Waals surface area (Å²) in [6, 6.07) is 19.5. The molecule has 0 radical (unpaired) electrons. The van der Waals surface area contributed by atoms with Crippen molar-refractivity contribution in [3.05, 3.63) is 89.6 Å². The Labute approximate surface area is 159 Å². The van der Waals surface area contributed by atoms with Crippen LogP contribution in [-0.2, 0) is 11.2 Å². The molecule has 0 amide bonds. The largest absolute Gasteiger partial charge is 0.384 e. The summed E-state index contributed by atoms with van der Waals surface area (Å²) in [5.74, 6) is -0.0692. The van der Waals surface area contributed by atoms with Crippen LogP contribution in [0, 0.1) is 0 Å². The number of allylic oxidation sites excluding steroid dienone is 1. The summed E-state index contributed by atoms with van der Waals surface area (Å²) >= 11 is 0. The van der Waals surface area contributed by atoms with Crippen LogP contribution in [-0.4, -0.2) is 28.9 Å². The number of benzene rings is 2. The van der Waals surface area contributed by atoms with Crippen molar-refractivity contribution in [2.24, 2.45) is 4.99 Å². The molecule has 1 N–H and O–H groups in total. The number of hydrogen-bond donors (Lipinski definition) is 1. The highest BCUT2D eigenvalue weighted by Gasteiger charge is 2.37. The smallest absolute Gasteiger partial charge is 0.167 e. The second-order valence-electron chi connectivity index (χ2n) is 6.96. The number of fused-ring (bicyclic) bond motifs is 1. The van der Waals surface area contributed by atoms with Crippen molar-refractivity contribution in [1.29, 1.82) is 0 Å². The van der Waals surface area contributed by atoms with E-state index in [1.165, 1.54) is 0 Å². The van der Waals surface area contributed by atoms with Crippen LogP contribution < -0.4 is 4.90 Å². The molecule has 2 aromatic carbocycles. The lowest BCUT2D eigenvalue weighted by Gasteiger charge is -2.39. The summed E-state index contributed by atoms with van der Waals surface area (Å²) in [5, 5.41) is 10.9. The Morgan fingerprint density at radius 2 is 1.78 bits per heavy atom. The standard InChI is InChI=1S/C23H22N2O2/c1-16-12-13-19-22(27)20(21(26)14-17-8-4-2-5-9-17)15-25(23(19)24-16)18-10-6-3-7-11-18/h2-11,13,15,22-23,27H,12,14H2,1H3. The van der Waals surface area contributed by atoms with Crippen LogP contribution in [0.3, 0.4) is 0 Å². The molecule has 2 heterocycles. The fourth-order valence-corrected chi connectivity index (χ4v) is 3.58. The van der Waals surface area contributed by atoms with Crippen LogP contribution in [0.5, 0.6) is 0 Å². The highest BCUT2D eigenvalue weighted by atomic mass is 16.3. The van der Waals surface area contributed by atoms with Gasteiger partial charge in [0.25, 0.3) is 0 Å². The molecule has 2 atom stereocenters. The molecule has 0 fully saturated rings. The van der Waals surface area contributed by atoms with Gasteiger partial charge in [0.2, 0.25) is 0 Å². The minimum atomic E-state index is -0.914. The van der Waals surface area contributed by atoms with E-state index in [0.717, 1.165) is 22.5 Å². The minimum absolute atomic E-state index is 0.0692. The fraction of sp³-hybridized carbons (Fsp3) is 0.217. The number of Topliss-reactive ketones (excluding diaryl/α,β-unsaturated/α-hetero) is 1. The lowest BCUT2D eigenvalue weighted by atomic mass is 9.88. The van der Waals surface area contributed by atoms with Crippen molar-refractivity contribution in [2.75, 3.05) is 4.90 Å². The Morgan fingerprint density at radius 3 is 2.48 bits per heavy atom. The minimum Gasteiger partial charge on any atom is -0.384 e. The second-order valence-corrected chi connectivity index (χ2v) is 6.96. The summed E-state index contributed by atoms with van der Waals surface area (Å²) in [6.07, 6.45) is 3.54. The Morgan fingerprint density at radius 1 is 1.11 bits per heavy atom. The number of hydrogen-bond acceptors (Lipinski definition) is 4. The number of ketones is 1. The number of anilines is 1. The van der Waals surface area contributed by atoms with Gasteiger partial charge in [0, 0.05) is 41.6 Å². The third kappa shape index (κ3) is 3.49. The van der Waals surface area contributed by atoms with Crippen molar-refractivity contribution < 1.29 is 9.90 Å². The number of dihydropyridines is 1. The number of carbonyl (C=O) groups is 1. The van der Waals surface area contributed by atoms with Crippen molar-refractivity contribution in [1.82, 2.24) is 0 Å². The molecule has 0 spiro atoms. The van der Waals surface area contributed by atoms with Gasteiger partial charge in [0.1, 0.15) is 12.3 Å². The Hall–Kier alpha value is -2.98. The Kier molecular flexibility index (Phi) is 4.73. The third-order valence-corrected chi connectivity index (χ3v) is 5.01. The van der Waals surface area contributed by atoms with Crippen molar-refractivity contribution >= 4 is 17.2 Å². The zero-order valence-electron chi connectivity index (χ0n) is 15.2. The molecule has 0 saturated carbocycles. The SMILES string of the molecule is CC1=NC2C(=CC1)C(O)C(C(=O)Cc1ccccc1)=CN2c1ccccc1. The molecule has 2 aliphatic heterocycles. The zero-order chi connectivity index (χ0) is 18.8. The molecular weight excluding hydrogens is 336 g/mol. The van der Waals surface area contributed by atoms with Gasteiger partial charge >= 0.3 is 0 Å². The first-order chi connectivity index (χ1) is 13.1. The lowest BCUT2D eigenvalue weighted by molar-refractivity contribution is -0.115. The van der Waals surface area contributed by atoms with Gasteiger partial charge in [-0.2, -0.15) is 0 Å². The van der Waals surface area contributed by atoms with Crippen LogP contribution in [0.4, 0.5) is 5.69 Å². The maximum Gasteiger partial charge on any atom is 0.167 e. The van der Waals surface area contributed by atoms with Gasteiger partial charge < -0.3 is 10.0 Å². The van der Waals surface area contributed by atoms with Crippen LogP contribution in [0.2, 0.25) is 0 Å². The molecule has 0 saturated heterocycles. The molecule has 0 aliphatic carbocycles. The monoisotopic (exact) mass is 358 g/mol. The average Bonchev–Trinajstić information content (AvgIpc) is 2.69. The molecule has 4 heteroatoms. The number of rotatable bonds is 4. The summed E-state index contributed by atoms with van der Waals surface area (Å²) in [7, 11) is 0. The molecule has 136 valence electrons. The molecule has 0 bridgehead atoms. The van der Waals surface area contributed by atoms with E-state index in [9.17, 15) is 9.90 Å². The van der Waals surface area contributed by atoms with Gasteiger partial charge in [-0.3, -0.25) is 9.79 Å². The number of para-hydroxylation sites is 1. The van der Waals surface area contributed by atoms with Crippen molar-refractivity contribution in [2.45, 2.75) is 32.0 Å². The second kappa shape index (κ2) is 7.33. The number of aliphatic hydroxyl groups excluding tert-OH is 1. The molecule has 27 heavy (non-hydrogen) atoms. The van der Waals surface area contributed by atoms with Crippen LogP contribution >= 0.6 is 0 Å². The van der Waals surface area contributed by atoms with E-state index >= 15 is 0 Å². The first kappa shape index (κ1) is 17.4. The average molecular weight is 358 g/mol. The Balaban J connectivity index is 1.73. The van der Waals surface area contributed by atoms with Gasteiger partial charge in [-0.1, -0.05) is 54.6 Å².